The highest BCUT2D eigenvalue weighted by Crippen LogP contribution is 2.21. The van der Waals surface area contributed by atoms with Crippen molar-refractivity contribution in [2.75, 3.05) is 56.0 Å². The van der Waals surface area contributed by atoms with Gasteiger partial charge in [0.1, 0.15) is 6.04 Å². The van der Waals surface area contributed by atoms with E-state index in [2.05, 4.69) is 30.4 Å². The van der Waals surface area contributed by atoms with E-state index in [1.54, 1.807) is 42.7 Å². The summed E-state index contributed by atoms with van der Waals surface area (Å²) in [6.45, 7) is 3.71. The summed E-state index contributed by atoms with van der Waals surface area (Å²) in [5, 5.41) is 5.88. The fourth-order valence-corrected chi connectivity index (χ4v) is 4.18. The molecule has 1 aromatic heterocycles. The monoisotopic (exact) mass is 471 g/mol. The first-order chi connectivity index (χ1) is 16.0. The highest BCUT2D eigenvalue weighted by molar-refractivity contribution is 6.33. The molecule has 2 aliphatic heterocycles. The Morgan fingerprint density at radius 2 is 1.79 bits per heavy atom. The second-order valence-corrected chi connectivity index (χ2v) is 8.35. The number of carbonyl (C=O) groups excluding carboxylic acids is 3. The zero-order valence-corrected chi connectivity index (χ0v) is 18.9. The zero-order chi connectivity index (χ0) is 23.2. The summed E-state index contributed by atoms with van der Waals surface area (Å²) in [7, 11) is 0. The van der Waals surface area contributed by atoms with Crippen LogP contribution in [0.5, 0.6) is 0 Å². The molecule has 2 saturated heterocycles. The lowest BCUT2D eigenvalue weighted by Gasteiger charge is -2.38. The van der Waals surface area contributed by atoms with Gasteiger partial charge in [0.2, 0.25) is 23.7 Å². The molecule has 0 spiro atoms. The molecule has 1 atom stereocenters. The third-order valence-corrected chi connectivity index (χ3v) is 6.07. The van der Waals surface area contributed by atoms with Gasteiger partial charge in [-0.1, -0.05) is 23.7 Å². The van der Waals surface area contributed by atoms with Crippen LogP contribution >= 0.6 is 11.6 Å². The maximum atomic E-state index is 13.1. The molecule has 11 heteroatoms. The molecule has 33 heavy (non-hydrogen) atoms. The highest BCUT2D eigenvalue weighted by Gasteiger charge is 2.35. The number of nitrogens with zero attached hydrogens (tertiary/aromatic N) is 5. The quantitative estimate of drug-likeness (QED) is 0.635. The summed E-state index contributed by atoms with van der Waals surface area (Å²) in [6.07, 6.45) is 3.28. The van der Waals surface area contributed by atoms with Gasteiger partial charge in [-0.2, -0.15) is 0 Å². The van der Waals surface area contributed by atoms with Crippen molar-refractivity contribution >= 4 is 41.0 Å². The van der Waals surface area contributed by atoms with Crippen molar-refractivity contribution in [1.29, 1.82) is 0 Å². The topological polar surface area (TPSA) is 111 Å². The Balaban J connectivity index is 1.33. The van der Waals surface area contributed by atoms with E-state index < -0.39 is 6.04 Å². The average Bonchev–Trinajstić information content (AvgIpc) is 2.83. The van der Waals surface area contributed by atoms with Gasteiger partial charge in [0.05, 0.1) is 23.7 Å². The summed E-state index contributed by atoms with van der Waals surface area (Å²) in [5.74, 6) is -0.181. The van der Waals surface area contributed by atoms with E-state index in [1.165, 1.54) is 4.90 Å². The Kier molecular flexibility index (Phi) is 7.36. The first-order valence-corrected chi connectivity index (χ1v) is 11.2. The number of aromatic nitrogens is 2. The molecule has 0 aliphatic carbocycles. The Hall–Kier alpha value is -3.24. The summed E-state index contributed by atoms with van der Waals surface area (Å²) < 4.78 is 0. The second kappa shape index (κ2) is 10.6. The molecular weight excluding hydrogens is 446 g/mol. The van der Waals surface area contributed by atoms with Crippen molar-refractivity contribution in [3.8, 4) is 0 Å². The van der Waals surface area contributed by atoms with Gasteiger partial charge in [0.15, 0.2) is 0 Å². The molecule has 2 fully saturated rings. The zero-order valence-electron chi connectivity index (χ0n) is 18.1. The molecule has 10 nitrogen and oxygen atoms in total. The van der Waals surface area contributed by atoms with Crippen LogP contribution in [0.2, 0.25) is 5.02 Å². The lowest BCUT2D eigenvalue weighted by atomic mass is 10.1. The molecule has 0 saturated carbocycles. The number of halogens is 1. The molecule has 0 bridgehead atoms. The van der Waals surface area contributed by atoms with E-state index in [0.29, 0.717) is 55.9 Å². The van der Waals surface area contributed by atoms with Gasteiger partial charge in [-0.3, -0.25) is 19.3 Å². The van der Waals surface area contributed by atoms with Crippen LogP contribution in [0.3, 0.4) is 0 Å². The van der Waals surface area contributed by atoms with E-state index >= 15 is 0 Å². The third-order valence-electron chi connectivity index (χ3n) is 5.74. The SMILES string of the molecule is O=C(C[C@H]1C(=O)NCCN1C(=O)CN1CCN(c2ncccn2)CC1)Nc1ccccc1Cl. The molecule has 1 aromatic carbocycles. The fraction of sp³-hybridized carbons (Fsp3) is 0.409. The van der Waals surface area contributed by atoms with Gasteiger partial charge >= 0.3 is 0 Å². The van der Waals surface area contributed by atoms with Gasteiger partial charge < -0.3 is 20.4 Å². The van der Waals surface area contributed by atoms with E-state index in [9.17, 15) is 14.4 Å². The van der Waals surface area contributed by atoms with Crippen molar-refractivity contribution in [3.63, 3.8) is 0 Å². The maximum Gasteiger partial charge on any atom is 0.243 e. The normalized spacial score (nSPS) is 19.2. The molecule has 3 heterocycles. The van der Waals surface area contributed by atoms with Crippen LogP contribution in [-0.2, 0) is 14.4 Å². The van der Waals surface area contributed by atoms with Crippen LogP contribution in [0.15, 0.2) is 42.7 Å². The summed E-state index contributed by atoms with van der Waals surface area (Å²) in [6, 6.07) is 7.80. The number of nitrogens with one attached hydrogen (secondary N) is 2. The van der Waals surface area contributed by atoms with Crippen LogP contribution in [0.1, 0.15) is 6.42 Å². The Labute approximate surface area is 196 Å². The minimum absolute atomic E-state index is 0.137. The van der Waals surface area contributed by atoms with Gasteiger partial charge in [-0.05, 0) is 18.2 Å². The first-order valence-electron chi connectivity index (χ1n) is 10.9. The maximum absolute atomic E-state index is 13.1. The number of amides is 3. The standard InChI is InChI=1S/C22H26ClN7O3/c23-16-4-1-2-5-17(16)27-19(31)14-18-21(33)24-8-9-30(18)20(32)15-28-10-12-29(13-11-28)22-25-6-3-7-26-22/h1-7,18H,8-15H2,(H,24,33)(H,27,31)/t18-/m0/s1. The number of benzene rings is 1. The molecule has 0 radical (unpaired) electrons. The smallest absolute Gasteiger partial charge is 0.243 e. The van der Waals surface area contributed by atoms with Gasteiger partial charge in [0, 0.05) is 51.7 Å². The second-order valence-electron chi connectivity index (χ2n) is 7.94. The number of rotatable bonds is 6. The van der Waals surface area contributed by atoms with Crippen LogP contribution in [0.4, 0.5) is 11.6 Å². The molecule has 3 amide bonds. The van der Waals surface area contributed by atoms with E-state index in [-0.39, 0.29) is 30.7 Å². The Morgan fingerprint density at radius 3 is 2.52 bits per heavy atom. The van der Waals surface area contributed by atoms with Crippen LogP contribution in [-0.4, -0.2) is 89.3 Å². The van der Waals surface area contributed by atoms with Crippen molar-refractivity contribution in [2.45, 2.75) is 12.5 Å². The summed E-state index contributed by atoms with van der Waals surface area (Å²) >= 11 is 6.10. The van der Waals surface area contributed by atoms with Crippen LogP contribution < -0.4 is 15.5 Å². The number of piperazine rings is 2. The number of hydrogen-bond donors (Lipinski definition) is 2. The van der Waals surface area contributed by atoms with Crippen molar-refractivity contribution in [1.82, 2.24) is 25.1 Å². The van der Waals surface area contributed by atoms with E-state index in [1.807, 2.05) is 0 Å². The average molecular weight is 472 g/mol. The Bertz CT molecular complexity index is 998. The lowest BCUT2D eigenvalue weighted by Crippen LogP contribution is -2.60. The largest absolute Gasteiger partial charge is 0.353 e. The molecule has 4 rings (SSSR count). The van der Waals surface area contributed by atoms with Crippen molar-refractivity contribution in [3.05, 3.63) is 47.7 Å². The predicted molar refractivity (Wildman–Crippen MR) is 124 cm³/mol. The molecule has 0 unspecified atom stereocenters. The van der Waals surface area contributed by atoms with Gasteiger partial charge in [-0.15, -0.1) is 0 Å². The molecular formula is C22H26ClN7O3. The number of para-hydroxylation sites is 1. The third kappa shape index (κ3) is 5.77. The fourth-order valence-electron chi connectivity index (χ4n) is 4.00. The number of anilines is 2. The van der Waals surface area contributed by atoms with Crippen molar-refractivity contribution < 1.29 is 14.4 Å². The van der Waals surface area contributed by atoms with Crippen LogP contribution in [0.25, 0.3) is 0 Å². The lowest BCUT2D eigenvalue weighted by molar-refractivity contribution is -0.145. The molecule has 2 aliphatic rings. The molecule has 2 aromatic rings. The van der Waals surface area contributed by atoms with Crippen molar-refractivity contribution in [2.24, 2.45) is 0 Å². The minimum atomic E-state index is -0.854. The first kappa shape index (κ1) is 22.9. The number of hydrogen-bond acceptors (Lipinski definition) is 7. The van der Waals surface area contributed by atoms with Gasteiger partial charge in [0.25, 0.3) is 0 Å². The predicted octanol–water partition coefficient (Wildman–Crippen LogP) is 0.608. The summed E-state index contributed by atoms with van der Waals surface area (Å²) in [5.41, 5.74) is 0.471. The van der Waals surface area contributed by atoms with Gasteiger partial charge in [-0.25, -0.2) is 9.97 Å². The van der Waals surface area contributed by atoms with E-state index in [4.69, 9.17) is 11.6 Å². The molecule has 174 valence electrons. The summed E-state index contributed by atoms with van der Waals surface area (Å²) in [4.78, 5) is 52.4. The van der Waals surface area contributed by atoms with E-state index in [0.717, 1.165) is 0 Å². The van der Waals surface area contributed by atoms with Crippen LogP contribution in [0, 0.1) is 0 Å². The number of carbonyl (C=O) groups is 3. The highest BCUT2D eigenvalue weighted by atomic mass is 35.5. The minimum Gasteiger partial charge on any atom is -0.353 e. The Morgan fingerprint density at radius 1 is 1.06 bits per heavy atom. The molecule has 2 N–H and O–H groups in total.